The van der Waals surface area contributed by atoms with Crippen LogP contribution in [0.4, 0.5) is 18.9 Å². The molecule has 0 radical (unpaired) electrons. The second kappa shape index (κ2) is 11.1. The van der Waals surface area contributed by atoms with Crippen molar-refractivity contribution in [3.63, 3.8) is 0 Å². The van der Waals surface area contributed by atoms with E-state index >= 15 is 0 Å². The monoisotopic (exact) mass is 610 g/mol. The van der Waals surface area contributed by atoms with Crippen molar-refractivity contribution in [2.24, 2.45) is 17.6 Å². The minimum atomic E-state index is -4.30. The number of phenols is 1. The minimum absolute atomic E-state index is 0.0145. The molecule has 3 aliphatic rings. The van der Waals surface area contributed by atoms with Crippen LogP contribution in [0.5, 0.6) is 5.75 Å². The van der Waals surface area contributed by atoms with Gasteiger partial charge in [0.15, 0.2) is 11.4 Å². The highest BCUT2D eigenvalue weighted by Crippen LogP contribution is 2.53. The van der Waals surface area contributed by atoms with E-state index in [2.05, 4.69) is 0 Å². The number of primary amides is 1. The van der Waals surface area contributed by atoms with Crippen LogP contribution in [0.1, 0.15) is 40.7 Å². The molecule has 1 aromatic carbocycles. The molecule has 0 unspecified atom stereocenters. The summed E-state index contributed by atoms with van der Waals surface area (Å²) < 4.78 is 37.9. The highest BCUT2D eigenvalue weighted by molar-refractivity contribution is 6.24. The average molecular weight is 611 g/mol. The molecule has 1 aromatic rings. The summed E-state index contributed by atoms with van der Waals surface area (Å²) in [7, 11) is 8.15. The van der Waals surface area contributed by atoms with Crippen LogP contribution in [0.3, 0.4) is 0 Å². The first-order chi connectivity index (χ1) is 19.8. The zero-order valence-corrected chi connectivity index (χ0v) is 24.6. The smallest absolute Gasteiger partial charge is 0.389 e. The van der Waals surface area contributed by atoms with Gasteiger partial charge in [0, 0.05) is 49.8 Å². The van der Waals surface area contributed by atoms with E-state index in [0.29, 0.717) is 11.3 Å². The highest BCUT2D eigenvalue weighted by Gasteiger charge is 2.63. The highest BCUT2D eigenvalue weighted by atomic mass is 19.4. The SMILES string of the molecule is CN(CCCC(F)(F)F)Cc1cc(N(C)C)c2c(c1O)C(=O)C1=C(O)[C@]3(O)C(=O)C(C(N)=O)=C(O)[C@@H](N(C)C)[C@@H]3C[C@@H]1C2. The molecule has 4 atom stereocenters. The van der Waals surface area contributed by atoms with Gasteiger partial charge in [-0.15, -0.1) is 0 Å². The maximum absolute atomic E-state index is 14.1. The van der Waals surface area contributed by atoms with Crippen LogP contribution in [0, 0.1) is 11.8 Å². The number of aliphatic hydroxyl groups excluding tert-OH is 2. The molecule has 0 spiro atoms. The van der Waals surface area contributed by atoms with E-state index in [-0.39, 0.29) is 49.1 Å². The molecule has 0 aliphatic heterocycles. The molecule has 0 saturated heterocycles. The molecule has 0 saturated carbocycles. The Morgan fingerprint density at radius 2 is 1.74 bits per heavy atom. The lowest BCUT2D eigenvalue weighted by Gasteiger charge is -2.50. The largest absolute Gasteiger partial charge is 0.510 e. The number of phenolic OH excluding ortho intramolecular Hbond substituents is 1. The summed E-state index contributed by atoms with van der Waals surface area (Å²) >= 11 is 0. The summed E-state index contributed by atoms with van der Waals surface area (Å²) in [6.45, 7) is 0.0853. The number of Topliss-reactive ketones (excluding diaryl/α,β-unsaturated/α-hetero) is 2. The Balaban J connectivity index is 1.82. The number of amides is 1. The quantitative estimate of drug-likeness (QED) is 0.275. The molecule has 11 nitrogen and oxygen atoms in total. The van der Waals surface area contributed by atoms with Crippen LogP contribution in [-0.2, 0) is 22.6 Å². The molecule has 6 N–H and O–H groups in total. The van der Waals surface area contributed by atoms with Gasteiger partial charge in [0.2, 0.25) is 5.78 Å². The molecule has 0 fully saturated rings. The molecule has 3 aliphatic carbocycles. The standard InChI is InChI=1S/C29H37F3N4O7/c1-34(2)17-11-14(12-36(5)8-6-7-28(30,31)32)22(37)19-15(17)9-13-10-16-21(35(3)4)24(39)20(27(33)42)26(41)29(16,43)25(40)18(13)23(19)38/h11,13,16,21,37,39-40,43H,6-10,12H2,1-5H3,(H2,33,42)/t13-,16-,21-,29-/m0/s1. The Bertz CT molecular complexity index is 1440. The number of hydrogen-bond acceptors (Lipinski definition) is 10. The third-order valence-electron chi connectivity index (χ3n) is 8.70. The Hall–Kier alpha value is -3.62. The summed E-state index contributed by atoms with van der Waals surface area (Å²) in [4.78, 5) is 44.5. The predicted octanol–water partition coefficient (Wildman–Crippen LogP) is 1.96. The Morgan fingerprint density at radius 1 is 1.12 bits per heavy atom. The van der Waals surface area contributed by atoms with Crippen LogP contribution in [0.25, 0.3) is 0 Å². The van der Waals surface area contributed by atoms with Gasteiger partial charge in [0.1, 0.15) is 22.8 Å². The van der Waals surface area contributed by atoms with Crippen molar-refractivity contribution < 1.29 is 48.0 Å². The summed E-state index contributed by atoms with van der Waals surface area (Å²) in [5.74, 6) is -7.35. The maximum atomic E-state index is 14.1. The molecule has 43 heavy (non-hydrogen) atoms. The fourth-order valence-corrected chi connectivity index (χ4v) is 6.79. The number of halogens is 3. The second-order valence-corrected chi connectivity index (χ2v) is 12.1. The predicted molar refractivity (Wildman–Crippen MR) is 150 cm³/mol. The van der Waals surface area contributed by atoms with Crippen molar-refractivity contribution >= 4 is 23.2 Å². The maximum Gasteiger partial charge on any atom is 0.389 e. The number of ketones is 2. The lowest BCUT2D eigenvalue weighted by molar-refractivity contribution is -0.148. The molecule has 4 rings (SSSR count). The first-order valence-electron chi connectivity index (χ1n) is 13.8. The van der Waals surface area contributed by atoms with Gasteiger partial charge in [-0.25, -0.2) is 0 Å². The number of anilines is 1. The van der Waals surface area contributed by atoms with Crippen LogP contribution >= 0.6 is 0 Å². The number of benzene rings is 1. The summed E-state index contributed by atoms with van der Waals surface area (Å²) in [6, 6.07) is 0.568. The van der Waals surface area contributed by atoms with Crippen molar-refractivity contribution in [1.29, 1.82) is 0 Å². The third-order valence-corrected chi connectivity index (χ3v) is 8.70. The minimum Gasteiger partial charge on any atom is -0.510 e. The Kier molecular flexibility index (Phi) is 8.37. The molecule has 0 heterocycles. The lowest BCUT2D eigenvalue weighted by atomic mass is 9.58. The number of likely N-dealkylation sites (N-methyl/N-ethyl adjacent to an activating group) is 1. The summed E-state index contributed by atoms with van der Waals surface area (Å²) in [5.41, 5.74) is 2.60. The van der Waals surface area contributed by atoms with E-state index in [1.54, 1.807) is 51.1 Å². The van der Waals surface area contributed by atoms with Gasteiger partial charge >= 0.3 is 6.18 Å². The van der Waals surface area contributed by atoms with Crippen LogP contribution in [0.15, 0.2) is 28.7 Å². The molecule has 1 amide bonds. The van der Waals surface area contributed by atoms with E-state index in [0.717, 1.165) is 0 Å². The van der Waals surface area contributed by atoms with Gasteiger partial charge in [0.25, 0.3) is 5.91 Å². The van der Waals surface area contributed by atoms with E-state index in [1.807, 2.05) is 0 Å². The number of carbonyl (C=O) groups excluding carboxylic acids is 3. The first-order valence-corrected chi connectivity index (χ1v) is 13.8. The number of nitrogens with two attached hydrogens (primary N) is 1. The Morgan fingerprint density at radius 3 is 2.28 bits per heavy atom. The van der Waals surface area contributed by atoms with Crippen LogP contribution in [0.2, 0.25) is 0 Å². The summed E-state index contributed by atoms with van der Waals surface area (Å²) in [5, 5.41) is 45.4. The number of aliphatic hydroxyl groups is 3. The van der Waals surface area contributed by atoms with Gasteiger partial charge in [-0.1, -0.05) is 0 Å². The van der Waals surface area contributed by atoms with E-state index in [9.17, 15) is 48.0 Å². The Labute approximate surface area is 246 Å². The van der Waals surface area contributed by atoms with Crippen LogP contribution < -0.4 is 10.6 Å². The number of fused-ring (bicyclic) bond motifs is 3. The van der Waals surface area contributed by atoms with Gasteiger partial charge in [-0.05, 0) is 64.5 Å². The normalized spacial score (nSPS) is 25.7. The lowest BCUT2D eigenvalue weighted by Crippen LogP contribution is -2.63. The molecule has 236 valence electrons. The second-order valence-electron chi connectivity index (χ2n) is 12.1. The fourth-order valence-electron chi connectivity index (χ4n) is 6.79. The van der Waals surface area contributed by atoms with Crippen molar-refractivity contribution in [2.45, 2.75) is 50.0 Å². The van der Waals surface area contributed by atoms with Crippen molar-refractivity contribution in [2.75, 3.05) is 46.7 Å². The molecule has 0 aromatic heterocycles. The third kappa shape index (κ3) is 5.36. The van der Waals surface area contributed by atoms with Crippen molar-refractivity contribution in [1.82, 2.24) is 9.80 Å². The van der Waals surface area contributed by atoms with Gasteiger partial charge < -0.3 is 36.0 Å². The van der Waals surface area contributed by atoms with Crippen LogP contribution in [-0.4, -0.2) is 107 Å². The van der Waals surface area contributed by atoms with Crippen molar-refractivity contribution in [3.05, 3.63) is 45.4 Å². The van der Waals surface area contributed by atoms with E-state index in [1.165, 1.54) is 4.90 Å². The topological polar surface area (TPSA) is 168 Å². The fraction of sp³-hybridized carbons (Fsp3) is 0.552. The van der Waals surface area contributed by atoms with Gasteiger partial charge in [0.05, 0.1) is 11.6 Å². The van der Waals surface area contributed by atoms with E-state index in [4.69, 9.17) is 5.73 Å². The molecule has 0 bridgehead atoms. The first kappa shape index (κ1) is 32.3. The van der Waals surface area contributed by atoms with Crippen molar-refractivity contribution in [3.8, 4) is 5.75 Å². The molecule has 14 heteroatoms. The number of aromatic hydroxyl groups is 1. The number of rotatable bonds is 8. The molecular formula is C29H37F3N4O7. The number of carbonyl (C=O) groups is 3. The summed E-state index contributed by atoms with van der Waals surface area (Å²) in [6.07, 6.45) is -5.34. The molecular weight excluding hydrogens is 573 g/mol. The average Bonchev–Trinajstić information content (AvgIpc) is 2.86. The van der Waals surface area contributed by atoms with Gasteiger partial charge in [-0.2, -0.15) is 13.2 Å². The van der Waals surface area contributed by atoms with E-state index < -0.39 is 76.4 Å². The number of allylic oxidation sites excluding steroid dienone is 1. The number of alkyl halides is 3. The zero-order chi connectivity index (χ0) is 32.3. The number of hydrogen-bond donors (Lipinski definition) is 5. The number of nitrogens with zero attached hydrogens (tertiary/aromatic N) is 3. The van der Waals surface area contributed by atoms with Gasteiger partial charge in [-0.3, -0.25) is 19.3 Å². The zero-order valence-electron chi connectivity index (χ0n) is 24.6.